The molecular formula is C18H22N4O3. The molecule has 0 bridgehead atoms. The molecule has 0 aliphatic carbocycles. The van der Waals surface area contributed by atoms with Gasteiger partial charge in [-0.15, -0.1) is 0 Å². The van der Waals surface area contributed by atoms with Crippen molar-refractivity contribution in [1.29, 1.82) is 0 Å². The Kier molecular flexibility index (Phi) is 5.94. The SMILES string of the molecule is COc1ccc(C(=O)N(C)C)cc1NC(=O)N[C@@H](C)c1ccncc1. The van der Waals surface area contributed by atoms with E-state index in [1.807, 2.05) is 19.1 Å². The topological polar surface area (TPSA) is 83.6 Å². The molecule has 0 fully saturated rings. The molecule has 0 unspecified atom stereocenters. The van der Waals surface area contributed by atoms with Crippen LogP contribution >= 0.6 is 0 Å². The van der Waals surface area contributed by atoms with Crippen molar-refractivity contribution < 1.29 is 14.3 Å². The Morgan fingerprint density at radius 1 is 1.16 bits per heavy atom. The lowest BCUT2D eigenvalue weighted by Gasteiger charge is -2.17. The molecule has 1 aromatic carbocycles. The second-order valence-corrected chi connectivity index (χ2v) is 5.72. The predicted molar refractivity (Wildman–Crippen MR) is 95.8 cm³/mol. The molecule has 25 heavy (non-hydrogen) atoms. The Balaban J connectivity index is 2.13. The zero-order chi connectivity index (χ0) is 18.4. The van der Waals surface area contributed by atoms with Gasteiger partial charge < -0.3 is 20.3 Å². The first-order valence-electron chi connectivity index (χ1n) is 7.79. The molecule has 2 aromatic rings. The number of carbonyl (C=O) groups excluding carboxylic acids is 2. The molecule has 2 rings (SSSR count). The van der Waals surface area contributed by atoms with Crippen LogP contribution < -0.4 is 15.4 Å². The van der Waals surface area contributed by atoms with Crippen LogP contribution in [0.15, 0.2) is 42.7 Å². The van der Waals surface area contributed by atoms with Crippen LogP contribution in [-0.4, -0.2) is 43.0 Å². The first-order chi connectivity index (χ1) is 11.9. The van der Waals surface area contributed by atoms with E-state index in [-0.39, 0.29) is 11.9 Å². The number of aromatic nitrogens is 1. The standard InChI is InChI=1S/C18H22N4O3/c1-12(13-7-9-19-10-8-13)20-18(24)21-15-11-14(17(23)22(2)3)5-6-16(15)25-4/h5-12H,1-4H3,(H2,20,21,24)/t12-/m0/s1. The van der Waals surface area contributed by atoms with E-state index in [1.54, 1.807) is 44.7 Å². The van der Waals surface area contributed by atoms with E-state index in [4.69, 9.17) is 4.74 Å². The van der Waals surface area contributed by atoms with Crippen LogP contribution in [0.2, 0.25) is 0 Å². The van der Waals surface area contributed by atoms with Gasteiger partial charge in [0.25, 0.3) is 5.91 Å². The van der Waals surface area contributed by atoms with Gasteiger partial charge in [-0.1, -0.05) is 0 Å². The van der Waals surface area contributed by atoms with Crippen LogP contribution in [0.1, 0.15) is 28.9 Å². The fraction of sp³-hybridized carbons (Fsp3) is 0.278. The first kappa shape index (κ1) is 18.3. The fourth-order valence-corrected chi connectivity index (χ4v) is 2.29. The largest absolute Gasteiger partial charge is 0.495 e. The van der Waals surface area contributed by atoms with Crippen molar-refractivity contribution in [2.75, 3.05) is 26.5 Å². The highest BCUT2D eigenvalue weighted by atomic mass is 16.5. The molecule has 0 aliphatic rings. The van der Waals surface area contributed by atoms with Crippen LogP contribution in [0.25, 0.3) is 0 Å². The second kappa shape index (κ2) is 8.14. The van der Waals surface area contributed by atoms with Gasteiger partial charge in [-0.25, -0.2) is 4.79 Å². The number of ether oxygens (including phenoxy) is 1. The molecular weight excluding hydrogens is 320 g/mol. The van der Waals surface area contributed by atoms with Crippen LogP contribution in [0.5, 0.6) is 5.75 Å². The lowest BCUT2D eigenvalue weighted by molar-refractivity contribution is 0.0827. The average molecular weight is 342 g/mol. The van der Waals surface area contributed by atoms with Gasteiger partial charge in [-0.2, -0.15) is 0 Å². The van der Waals surface area contributed by atoms with Crippen molar-refractivity contribution >= 4 is 17.6 Å². The third-order valence-corrected chi connectivity index (χ3v) is 3.65. The number of rotatable bonds is 5. The molecule has 7 nitrogen and oxygen atoms in total. The summed E-state index contributed by atoms with van der Waals surface area (Å²) in [5.74, 6) is 0.318. The van der Waals surface area contributed by atoms with Gasteiger partial charge in [-0.3, -0.25) is 9.78 Å². The molecule has 3 amide bonds. The average Bonchev–Trinajstić information content (AvgIpc) is 2.61. The third-order valence-electron chi connectivity index (χ3n) is 3.65. The molecule has 0 saturated heterocycles. The Morgan fingerprint density at radius 2 is 1.84 bits per heavy atom. The van der Waals surface area contributed by atoms with Gasteiger partial charge in [0.15, 0.2) is 0 Å². The molecule has 1 atom stereocenters. The van der Waals surface area contributed by atoms with E-state index in [2.05, 4.69) is 15.6 Å². The number of benzene rings is 1. The zero-order valence-electron chi connectivity index (χ0n) is 14.7. The number of hydrogen-bond acceptors (Lipinski definition) is 4. The van der Waals surface area contributed by atoms with Crippen molar-refractivity contribution in [2.45, 2.75) is 13.0 Å². The molecule has 0 aliphatic heterocycles. The van der Waals surface area contributed by atoms with Crippen LogP contribution in [-0.2, 0) is 0 Å². The van der Waals surface area contributed by atoms with E-state index in [0.29, 0.717) is 17.0 Å². The molecule has 2 N–H and O–H groups in total. The minimum atomic E-state index is -0.392. The number of anilines is 1. The predicted octanol–water partition coefficient (Wildman–Crippen LogP) is 2.67. The van der Waals surface area contributed by atoms with Crippen LogP contribution in [0, 0.1) is 0 Å². The van der Waals surface area contributed by atoms with Crippen LogP contribution in [0.4, 0.5) is 10.5 Å². The minimum absolute atomic E-state index is 0.156. The number of pyridine rings is 1. The maximum Gasteiger partial charge on any atom is 0.319 e. The summed E-state index contributed by atoms with van der Waals surface area (Å²) in [6.07, 6.45) is 3.34. The summed E-state index contributed by atoms with van der Waals surface area (Å²) in [5, 5.41) is 5.57. The van der Waals surface area contributed by atoms with Gasteiger partial charge in [0, 0.05) is 32.1 Å². The molecule has 7 heteroatoms. The van der Waals surface area contributed by atoms with E-state index >= 15 is 0 Å². The normalized spacial score (nSPS) is 11.4. The molecule has 0 spiro atoms. The number of nitrogens with one attached hydrogen (secondary N) is 2. The second-order valence-electron chi connectivity index (χ2n) is 5.72. The fourth-order valence-electron chi connectivity index (χ4n) is 2.29. The highest BCUT2D eigenvalue weighted by molar-refractivity contribution is 5.97. The van der Waals surface area contributed by atoms with Gasteiger partial charge in [0.05, 0.1) is 18.8 Å². The van der Waals surface area contributed by atoms with E-state index in [0.717, 1.165) is 5.56 Å². The number of amides is 3. The highest BCUT2D eigenvalue weighted by Crippen LogP contribution is 2.26. The Labute approximate surface area is 147 Å². The third kappa shape index (κ3) is 4.69. The van der Waals surface area contributed by atoms with Crippen molar-refractivity contribution in [3.63, 3.8) is 0 Å². The Morgan fingerprint density at radius 3 is 2.44 bits per heavy atom. The molecule has 1 heterocycles. The molecule has 0 radical (unpaired) electrons. The summed E-state index contributed by atoms with van der Waals surface area (Å²) in [6.45, 7) is 1.87. The van der Waals surface area contributed by atoms with Crippen LogP contribution in [0.3, 0.4) is 0 Å². The molecule has 0 saturated carbocycles. The quantitative estimate of drug-likeness (QED) is 0.875. The van der Waals surface area contributed by atoms with E-state index < -0.39 is 6.03 Å². The maximum absolute atomic E-state index is 12.3. The Bertz CT molecular complexity index is 747. The van der Waals surface area contributed by atoms with Crippen molar-refractivity contribution in [2.24, 2.45) is 0 Å². The number of methoxy groups -OCH3 is 1. The maximum atomic E-state index is 12.3. The Hall–Kier alpha value is -3.09. The highest BCUT2D eigenvalue weighted by Gasteiger charge is 2.15. The smallest absolute Gasteiger partial charge is 0.319 e. The number of nitrogens with zero attached hydrogens (tertiary/aromatic N) is 2. The number of urea groups is 1. The van der Waals surface area contributed by atoms with Crippen molar-refractivity contribution in [1.82, 2.24) is 15.2 Å². The zero-order valence-corrected chi connectivity index (χ0v) is 14.7. The summed E-state index contributed by atoms with van der Waals surface area (Å²) in [7, 11) is 4.84. The van der Waals surface area contributed by atoms with Gasteiger partial charge in [0.1, 0.15) is 5.75 Å². The lowest BCUT2D eigenvalue weighted by Crippen LogP contribution is -2.31. The summed E-state index contributed by atoms with van der Waals surface area (Å²) in [6, 6.07) is 7.99. The molecule has 1 aromatic heterocycles. The lowest BCUT2D eigenvalue weighted by atomic mass is 10.1. The summed E-state index contributed by atoms with van der Waals surface area (Å²) < 4.78 is 5.26. The summed E-state index contributed by atoms with van der Waals surface area (Å²) in [4.78, 5) is 29.8. The van der Waals surface area contributed by atoms with Crippen molar-refractivity contribution in [3.05, 3.63) is 53.9 Å². The van der Waals surface area contributed by atoms with E-state index in [9.17, 15) is 9.59 Å². The van der Waals surface area contributed by atoms with Gasteiger partial charge >= 0.3 is 6.03 Å². The van der Waals surface area contributed by atoms with Crippen molar-refractivity contribution in [3.8, 4) is 5.75 Å². The first-order valence-corrected chi connectivity index (χ1v) is 7.79. The minimum Gasteiger partial charge on any atom is -0.495 e. The van der Waals surface area contributed by atoms with Gasteiger partial charge in [-0.05, 0) is 42.8 Å². The molecule has 132 valence electrons. The monoisotopic (exact) mass is 342 g/mol. The number of hydrogen-bond donors (Lipinski definition) is 2. The summed E-state index contributed by atoms with van der Waals surface area (Å²) in [5.41, 5.74) is 1.83. The van der Waals surface area contributed by atoms with Gasteiger partial charge in [0.2, 0.25) is 0 Å². The van der Waals surface area contributed by atoms with E-state index in [1.165, 1.54) is 12.0 Å². The summed E-state index contributed by atoms with van der Waals surface area (Å²) >= 11 is 0. The number of carbonyl (C=O) groups is 2.